The number of anilines is 2. The molecule has 0 unspecified atom stereocenters. The van der Waals surface area contributed by atoms with Crippen LogP contribution in [0.4, 0.5) is 11.4 Å². The molecule has 1 aliphatic heterocycles. The molecule has 4 nitrogen and oxygen atoms in total. The second-order valence-corrected chi connectivity index (χ2v) is 7.79. The molecule has 1 aliphatic rings. The molecule has 0 spiro atoms. The number of nitrogens with one attached hydrogen (secondary N) is 1. The Morgan fingerprint density at radius 1 is 0.957 bits per heavy atom. The van der Waals surface area contributed by atoms with Crippen molar-refractivity contribution in [2.45, 2.75) is 31.6 Å². The van der Waals surface area contributed by atoms with Crippen molar-refractivity contribution in [1.29, 1.82) is 0 Å². The van der Waals surface area contributed by atoms with Crippen LogP contribution >= 0.6 is 0 Å². The van der Waals surface area contributed by atoms with Crippen LogP contribution in [0.5, 0.6) is 0 Å². The van der Waals surface area contributed by atoms with Crippen LogP contribution in [-0.2, 0) is 10.0 Å². The summed E-state index contributed by atoms with van der Waals surface area (Å²) < 4.78 is 27.8. The number of aryl methyl sites for hydroxylation is 2. The van der Waals surface area contributed by atoms with Crippen LogP contribution < -0.4 is 9.62 Å². The maximum Gasteiger partial charge on any atom is 0.261 e. The van der Waals surface area contributed by atoms with Gasteiger partial charge < -0.3 is 4.90 Å². The molecule has 122 valence electrons. The van der Waals surface area contributed by atoms with E-state index in [4.69, 9.17) is 0 Å². The maximum atomic E-state index is 12.6. The second kappa shape index (κ2) is 6.24. The third-order valence-electron chi connectivity index (χ3n) is 4.26. The van der Waals surface area contributed by atoms with Crippen molar-refractivity contribution in [2.75, 3.05) is 22.7 Å². The lowest BCUT2D eigenvalue weighted by Crippen LogP contribution is -2.18. The fourth-order valence-electron chi connectivity index (χ4n) is 2.86. The standard InChI is InChI=1S/C18H22N2O2S/c1-14-5-6-15(2)18(13-14)19-23(21,22)17-9-7-16(8-10-17)20-11-3-4-12-20/h5-10,13,19H,3-4,11-12H2,1-2H3. The van der Waals surface area contributed by atoms with Gasteiger partial charge in [0.15, 0.2) is 0 Å². The fraction of sp³-hybridized carbons (Fsp3) is 0.333. The van der Waals surface area contributed by atoms with Crippen LogP contribution in [-0.4, -0.2) is 21.5 Å². The summed E-state index contributed by atoms with van der Waals surface area (Å²) in [5, 5.41) is 0. The van der Waals surface area contributed by atoms with Gasteiger partial charge in [0.2, 0.25) is 0 Å². The molecular weight excluding hydrogens is 308 g/mol. The molecule has 1 N–H and O–H groups in total. The van der Waals surface area contributed by atoms with Crippen LogP contribution in [0, 0.1) is 13.8 Å². The smallest absolute Gasteiger partial charge is 0.261 e. The molecule has 0 aromatic heterocycles. The molecule has 3 rings (SSSR count). The van der Waals surface area contributed by atoms with Gasteiger partial charge in [-0.25, -0.2) is 8.42 Å². The van der Waals surface area contributed by atoms with E-state index in [1.165, 1.54) is 12.8 Å². The summed E-state index contributed by atoms with van der Waals surface area (Å²) in [6.45, 7) is 5.94. The zero-order valence-corrected chi connectivity index (χ0v) is 14.4. The second-order valence-electron chi connectivity index (χ2n) is 6.11. The maximum absolute atomic E-state index is 12.6. The summed E-state index contributed by atoms with van der Waals surface area (Å²) >= 11 is 0. The van der Waals surface area contributed by atoms with Gasteiger partial charge in [-0.05, 0) is 68.1 Å². The highest BCUT2D eigenvalue weighted by Gasteiger charge is 2.17. The van der Waals surface area contributed by atoms with Gasteiger partial charge in [-0.15, -0.1) is 0 Å². The van der Waals surface area contributed by atoms with Crippen molar-refractivity contribution in [3.8, 4) is 0 Å². The Morgan fingerprint density at radius 2 is 1.61 bits per heavy atom. The van der Waals surface area contributed by atoms with Gasteiger partial charge in [0, 0.05) is 18.8 Å². The monoisotopic (exact) mass is 330 g/mol. The highest BCUT2D eigenvalue weighted by molar-refractivity contribution is 7.92. The predicted molar refractivity (Wildman–Crippen MR) is 94.6 cm³/mol. The summed E-state index contributed by atoms with van der Waals surface area (Å²) in [5.74, 6) is 0. The zero-order valence-electron chi connectivity index (χ0n) is 13.5. The third kappa shape index (κ3) is 3.50. The normalized spacial score (nSPS) is 15.0. The quantitative estimate of drug-likeness (QED) is 0.930. The Bertz CT molecular complexity index is 792. The average molecular weight is 330 g/mol. The molecule has 0 aliphatic carbocycles. The van der Waals surface area contributed by atoms with E-state index in [-0.39, 0.29) is 0 Å². The molecule has 0 radical (unpaired) electrons. The van der Waals surface area contributed by atoms with Crippen molar-refractivity contribution in [3.63, 3.8) is 0 Å². The van der Waals surface area contributed by atoms with E-state index >= 15 is 0 Å². The van der Waals surface area contributed by atoms with Crippen LogP contribution in [0.2, 0.25) is 0 Å². The van der Waals surface area contributed by atoms with Crippen LogP contribution in [0.1, 0.15) is 24.0 Å². The number of sulfonamides is 1. The van der Waals surface area contributed by atoms with Crippen molar-refractivity contribution < 1.29 is 8.42 Å². The van der Waals surface area contributed by atoms with E-state index in [1.54, 1.807) is 12.1 Å². The summed E-state index contributed by atoms with van der Waals surface area (Å²) in [5.41, 5.74) is 3.66. The Labute approximate surface area is 138 Å². The summed E-state index contributed by atoms with van der Waals surface area (Å²) in [6, 6.07) is 12.9. The minimum absolute atomic E-state index is 0.293. The first-order valence-corrected chi connectivity index (χ1v) is 9.39. The lowest BCUT2D eigenvalue weighted by Gasteiger charge is -2.18. The fourth-order valence-corrected chi connectivity index (χ4v) is 3.98. The van der Waals surface area contributed by atoms with Crippen molar-refractivity contribution in [2.24, 2.45) is 0 Å². The highest BCUT2D eigenvalue weighted by Crippen LogP contribution is 2.24. The van der Waals surface area contributed by atoms with Crippen LogP contribution in [0.3, 0.4) is 0 Å². The van der Waals surface area contributed by atoms with Crippen molar-refractivity contribution in [3.05, 3.63) is 53.6 Å². The average Bonchev–Trinajstić information content (AvgIpc) is 3.05. The minimum Gasteiger partial charge on any atom is -0.372 e. The van der Waals surface area contributed by atoms with Gasteiger partial charge >= 0.3 is 0 Å². The highest BCUT2D eigenvalue weighted by atomic mass is 32.2. The topological polar surface area (TPSA) is 49.4 Å². The third-order valence-corrected chi connectivity index (χ3v) is 5.64. The Hall–Kier alpha value is -2.01. The number of hydrogen-bond donors (Lipinski definition) is 1. The summed E-state index contributed by atoms with van der Waals surface area (Å²) in [7, 11) is -3.56. The first kappa shape index (κ1) is 15.9. The van der Waals surface area contributed by atoms with Crippen LogP contribution in [0.15, 0.2) is 47.4 Å². The van der Waals surface area contributed by atoms with E-state index in [2.05, 4.69) is 9.62 Å². The molecule has 1 fully saturated rings. The van der Waals surface area contributed by atoms with E-state index in [9.17, 15) is 8.42 Å². The van der Waals surface area contributed by atoms with Gasteiger partial charge in [-0.2, -0.15) is 0 Å². The molecule has 2 aromatic rings. The first-order chi connectivity index (χ1) is 11.0. The van der Waals surface area contributed by atoms with Gasteiger partial charge in [-0.3, -0.25) is 4.72 Å². The first-order valence-electron chi connectivity index (χ1n) is 7.91. The number of hydrogen-bond acceptors (Lipinski definition) is 3. The lowest BCUT2D eigenvalue weighted by molar-refractivity contribution is 0.601. The lowest BCUT2D eigenvalue weighted by atomic mass is 10.1. The molecular formula is C18H22N2O2S. The molecule has 1 heterocycles. The molecule has 0 atom stereocenters. The van der Waals surface area contributed by atoms with Crippen molar-refractivity contribution >= 4 is 21.4 Å². The van der Waals surface area contributed by atoms with E-state index < -0.39 is 10.0 Å². The number of benzene rings is 2. The molecule has 5 heteroatoms. The molecule has 0 bridgehead atoms. The van der Waals surface area contributed by atoms with Gasteiger partial charge in [-0.1, -0.05) is 12.1 Å². The SMILES string of the molecule is Cc1ccc(C)c(NS(=O)(=O)c2ccc(N3CCCC3)cc2)c1. The number of nitrogens with zero attached hydrogens (tertiary/aromatic N) is 1. The molecule has 2 aromatic carbocycles. The van der Waals surface area contributed by atoms with E-state index in [0.717, 1.165) is 29.9 Å². The molecule has 1 saturated heterocycles. The molecule has 0 saturated carbocycles. The molecule has 23 heavy (non-hydrogen) atoms. The molecule has 0 amide bonds. The van der Waals surface area contributed by atoms with Crippen LogP contribution in [0.25, 0.3) is 0 Å². The predicted octanol–water partition coefficient (Wildman–Crippen LogP) is 3.70. The number of rotatable bonds is 4. The Balaban J connectivity index is 1.83. The minimum atomic E-state index is -3.56. The van der Waals surface area contributed by atoms with E-state index in [1.807, 2.05) is 44.2 Å². The zero-order chi connectivity index (χ0) is 16.4. The van der Waals surface area contributed by atoms with E-state index in [0.29, 0.717) is 10.6 Å². The Kier molecular flexibility index (Phi) is 4.31. The Morgan fingerprint density at radius 3 is 2.26 bits per heavy atom. The largest absolute Gasteiger partial charge is 0.372 e. The van der Waals surface area contributed by atoms with Crippen molar-refractivity contribution in [1.82, 2.24) is 0 Å². The van der Waals surface area contributed by atoms with Gasteiger partial charge in [0.1, 0.15) is 0 Å². The summed E-state index contributed by atoms with van der Waals surface area (Å²) in [4.78, 5) is 2.58. The van der Waals surface area contributed by atoms with Gasteiger partial charge in [0.25, 0.3) is 10.0 Å². The van der Waals surface area contributed by atoms with Gasteiger partial charge in [0.05, 0.1) is 10.6 Å². The summed E-state index contributed by atoms with van der Waals surface area (Å²) in [6.07, 6.45) is 2.41.